The van der Waals surface area contributed by atoms with Gasteiger partial charge < -0.3 is 16.4 Å². The third-order valence-corrected chi connectivity index (χ3v) is 9.25. The van der Waals surface area contributed by atoms with E-state index in [1.807, 2.05) is 0 Å². The number of aromatic nitrogens is 1. The van der Waals surface area contributed by atoms with Crippen molar-refractivity contribution in [1.29, 1.82) is 0 Å². The van der Waals surface area contributed by atoms with E-state index in [-0.39, 0.29) is 48.7 Å². The van der Waals surface area contributed by atoms with Gasteiger partial charge in [-0.2, -0.15) is 13.2 Å². The van der Waals surface area contributed by atoms with Crippen molar-refractivity contribution in [3.05, 3.63) is 82.6 Å². The molecule has 0 unspecified atom stereocenters. The van der Waals surface area contributed by atoms with Crippen LogP contribution in [0, 0.1) is 0 Å². The molecule has 3 aromatic heterocycles. The monoisotopic (exact) mass is 631 g/mol. The van der Waals surface area contributed by atoms with Crippen LogP contribution in [0.2, 0.25) is 0 Å². The second-order valence-electron chi connectivity index (χ2n) is 8.90. The number of carbonyl (C=O) groups is 2. The first-order valence-corrected chi connectivity index (χ1v) is 15.2. The van der Waals surface area contributed by atoms with E-state index in [9.17, 15) is 31.2 Å². The Hall–Kier alpha value is -4.47. The predicted octanol–water partition coefficient (Wildman–Crippen LogP) is 6.64. The fourth-order valence-corrected chi connectivity index (χ4v) is 6.77. The third kappa shape index (κ3) is 6.07. The van der Waals surface area contributed by atoms with Crippen molar-refractivity contribution < 1.29 is 31.2 Å². The molecular weight excluding hydrogens is 612 g/mol. The summed E-state index contributed by atoms with van der Waals surface area (Å²) in [6, 6.07) is 15.5. The predicted molar refractivity (Wildman–Crippen MR) is 158 cm³/mol. The molecule has 0 saturated heterocycles. The number of alkyl halides is 3. The van der Waals surface area contributed by atoms with Gasteiger partial charge in [0.2, 0.25) is 5.91 Å². The molecular formula is C27H20F3N5O4S3. The van der Waals surface area contributed by atoms with Crippen molar-refractivity contribution >= 4 is 77.5 Å². The number of benzene rings is 2. The number of sulfonamides is 1. The molecule has 5 N–H and O–H groups in total. The van der Waals surface area contributed by atoms with E-state index in [0.717, 1.165) is 17.4 Å². The van der Waals surface area contributed by atoms with Crippen LogP contribution in [0.25, 0.3) is 20.8 Å². The van der Waals surface area contributed by atoms with E-state index in [1.54, 1.807) is 17.5 Å². The zero-order valence-corrected chi connectivity index (χ0v) is 23.9. The molecule has 0 aliphatic rings. The Labute approximate surface area is 245 Å². The molecule has 0 aliphatic heterocycles. The summed E-state index contributed by atoms with van der Waals surface area (Å²) in [4.78, 5) is 28.8. The Morgan fingerprint density at radius 1 is 0.929 bits per heavy atom. The number of amides is 2. The molecule has 15 heteroatoms. The fraction of sp³-hybridized carbons (Fsp3) is 0.0741. The maximum Gasteiger partial charge on any atom is 0.417 e. The molecule has 2 aromatic carbocycles. The number of hydrogen-bond donors (Lipinski definition) is 4. The molecule has 0 bridgehead atoms. The number of pyridine rings is 1. The molecule has 0 radical (unpaired) electrons. The van der Waals surface area contributed by atoms with Crippen molar-refractivity contribution in [2.45, 2.75) is 18.0 Å². The number of fused-ring (bicyclic) bond motifs is 1. The van der Waals surface area contributed by atoms with Crippen molar-refractivity contribution in [3.63, 3.8) is 0 Å². The standard InChI is InChI=1S/C27H20F3N5O4S3/c1-14(36)32-15-4-6-17(7-5-15)35-42(38,39)18-10-8-16(9-11-18)33-25(37)24-23(31)22-19(27(28,29)30)13-20(34-26(22)41-24)21-3-2-12-40-21/h2-13,35H,31H2,1H3,(H,32,36)(H,33,37). The Kier molecular flexibility index (Phi) is 7.66. The highest BCUT2D eigenvalue weighted by Gasteiger charge is 2.36. The molecule has 0 atom stereocenters. The average molecular weight is 632 g/mol. The summed E-state index contributed by atoms with van der Waals surface area (Å²) in [6.07, 6.45) is -4.74. The van der Waals surface area contributed by atoms with Crippen LogP contribution in [0.1, 0.15) is 22.2 Å². The summed E-state index contributed by atoms with van der Waals surface area (Å²) < 4.78 is 69.9. The van der Waals surface area contributed by atoms with Crippen LogP contribution >= 0.6 is 22.7 Å². The van der Waals surface area contributed by atoms with Crippen LogP contribution in [0.15, 0.2) is 77.0 Å². The number of nitrogens with two attached hydrogens (primary N) is 1. The maximum absolute atomic E-state index is 14.0. The molecule has 0 saturated carbocycles. The highest BCUT2D eigenvalue weighted by atomic mass is 32.2. The molecule has 0 fully saturated rings. The lowest BCUT2D eigenvalue weighted by Gasteiger charge is -2.11. The Bertz CT molecular complexity index is 1900. The first-order valence-electron chi connectivity index (χ1n) is 12.0. The van der Waals surface area contributed by atoms with Gasteiger partial charge in [0, 0.05) is 29.4 Å². The van der Waals surface area contributed by atoms with Crippen molar-refractivity contribution in [3.8, 4) is 10.6 Å². The van der Waals surface area contributed by atoms with Gasteiger partial charge >= 0.3 is 6.18 Å². The van der Waals surface area contributed by atoms with Crippen molar-refractivity contribution in [2.75, 3.05) is 21.1 Å². The van der Waals surface area contributed by atoms with E-state index in [0.29, 0.717) is 10.6 Å². The van der Waals surface area contributed by atoms with Crippen molar-refractivity contribution in [2.24, 2.45) is 0 Å². The Morgan fingerprint density at radius 3 is 2.14 bits per heavy atom. The second kappa shape index (κ2) is 11.1. The van der Waals surface area contributed by atoms with Crippen LogP contribution < -0.4 is 21.1 Å². The van der Waals surface area contributed by atoms with Gasteiger partial charge in [-0.3, -0.25) is 14.3 Å². The van der Waals surface area contributed by atoms with Gasteiger partial charge in [0.05, 0.1) is 26.7 Å². The first kappa shape index (κ1) is 29.0. The summed E-state index contributed by atoms with van der Waals surface area (Å²) in [6.45, 7) is 1.35. The molecule has 0 aliphatic carbocycles. The summed E-state index contributed by atoms with van der Waals surface area (Å²) in [5, 5.41) is 6.49. The summed E-state index contributed by atoms with van der Waals surface area (Å²) >= 11 is 1.96. The SMILES string of the molecule is CC(=O)Nc1ccc(NS(=O)(=O)c2ccc(NC(=O)c3sc4nc(-c5cccs5)cc(C(F)(F)F)c4c3N)cc2)cc1. The topological polar surface area (TPSA) is 143 Å². The number of hydrogen-bond acceptors (Lipinski definition) is 8. The number of nitrogens with one attached hydrogen (secondary N) is 3. The molecule has 0 spiro atoms. The zero-order chi connectivity index (χ0) is 30.2. The number of anilines is 4. The second-order valence-corrected chi connectivity index (χ2v) is 12.5. The van der Waals surface area contributed by atoms with Crippen LogP contribution in [-0.2, 0) is 21.0 Å². The molecule has 3 heterocycles. The van der Waals surface area contributed by atoms with Crippen LogP contribution in [0.3, 0.4) is 0 Å². The Morgan fingerprint density at radius 2 is 1.55 bits per heavy atom. The minimum Gasteiger partial charge on any atom is -0.397 e. The number of thiophene rings is 2. The third-order valence-electron chi connectivity index (χ3n) is 5.86. The molecule has 42 heavy (non-hydrogen) atoms. The average Bonchev–Trinajstić information content (AvgIpc) is 3.57. The fourth-order valence-electron chi connectivity index (χ4n) is 4.01. The van der Waals surface area contributed by atoms with Crippen LogP contribution in [-0.4, -0.2) is 25.2 Å². The first-order chi connectivity index (χ1) is 19.8. The quantitative estimate of drug-likeness (QED) is 0.159. The summed E-state index contributed by atoms with van der Waals surface area (Å²) in [5.41, 5.74) is 5.78. The molecule has 2 amide bonds. The lowest BCUT2D eigenvalue weighted by atomic mass is 10.1. The molecule has 216 valence electrons. The highest BCUT2D eigenvalue weighted by Crippen LogP contribution is 2.44. The van der Waals surface area contributed by atoms with Crippen LogP contribution in [0.4, 0.5) is 35.9 Å². The van der Waals surface area contributed by atoms with Gasteiger partial charge in [0.1, 0.15) is 9.71 Å². The number of carbonyl (C=O) groups excluding carboxylic acids is 2. The number of halogens is 3. The van der Waals surface area contributed by atoms with Gasteiger partial charge in [0.15, 0.2) is 0 Å². The van der Waals surface area contributed by atoms with Gasteiger partial charge in [0.25, 0.3) is 15.9 Å². The largest absolute Gasteiger partial charge is 0.417 e. The molecule has 5 aromatic rings. The van der Waals surface area contributed by atoms with E-state index in [4.69, 9.17) is 5.73 Å². The lowest BCUT2D eigenvalue weighted by Crippen LogP contribution is -2.14. The molecule has 5 rings (SSSR count). The van der Waals surface area contributed by atoms with Gasteiger partial charge in [-0.15, -0.1) is 22.7 Å². The normalized spacial score (nSPS) is 11.8. The summed E-state index contributed by atoms with van der Waals surface area (Å²) in [5.74, 6) is -1.04. The minimum absolute atomic E-state index is 0.0338. The van der Waals surface area contributed by atoms with Gasteiger partial charge in [-0.05, 0) is 66.0 Å². The lowest BCUT2D eigenvalue weighted by molar-refractivity contribution is -0.136. The summed E-state index contributed by atoms with van der Waals surface area (Å²) in [7, 11) is -3.99. The highest BCUT2D eigenvalue weighted by molar-refractivity contribution is 7.92. The zero-order valence-electron chi connectivity index (χ0n) is 21.4. The van der Waals surface area contributed by atoms with E-state index >= 15 is 0 Å². The van der Waals surface area contributed by atoms with E-state index < -0.39 is 27.7 Å². The number of nitrogen functional groups attached to an aromatic ring is 1. The van der Waals surface area contributed by atoms with Gasteiger partial charge in [-0.25, -0.2) is 13.4 Å². The number of nitrogens with zero attached hydrogens (tertiary/aromatic N) is 1. The van der Waals surface area contributed by atoms with Crippen LogP contribution in [0.5, 0.6) is 0 Å². The smallest absolute Gasteiger partial charge is 0.397 e. The number of rotatable bonds is 7. The molecule has 9 nitrogen and oxygen atoms in total. The van der Waals surface area contributed by atoms with E-state index in [2.05, 4.69) is 20.3 Å². The maximum atomic E-state index is 14.0. The Balaban J connectivity index is 1.36. The minimum atomic E-state index is -4.74. The van der Waals surface area contributed by atoms with E-state index in [1.165, 1.54) is 66.8 Å². The van der Waals surface area contributed by atoms with Gasteiger partial charge in [-0.1, -0.05) is 6.07 Å². The van der Waals surface area contributed by atoms with Crippen molar-refractivity contribution in [1.82, 2.24) is 4.98 Å².